The molecule has 0 spiro atoms. The van der Waals surface area contributed by atoms with Gasteiger partial charge in [0.2, 0.25) is 0 Å². The average Bonchev–Trinajstić information content (AvgIpc) is 2.46. The molecule has 110 valence electrons. The molecule has 6 heteroatoms. The molecule has 0 aliphatic heterocycles. The number of benzene rings is 2. The number of rotatable bonds is 4. The van der Waals surface area contributed by atoms with Crippen molar-refractivity contribution in [1.29, 1.82) is 0 Å². The van der Waals surface area contributed by atoms with Gasteiger partial charge >= 0.3 is 5.97 Å². The van der Waals surface area contributed by atoms with Crippen molar-refractivity contribution in [3.8, 4) is 0 Å². The number of esters is 1. The lowest BCUT2D eigenvalue weighted by Gasteiger charge is -2.11. The predicted molar refractivity (Wildman–Crippen MR) is 97.0 cm³/mol. The van der Waals surface area contributed by atoms with E-state index in [1.54, 1.807) is 12.1 Å². The molecular weight excluding hydrogens is 468 g/mol. The maximum absolute atomic E-state index is 11.5. The number of hydrogen-bond acceptors (Lipinski definition) is 3. The second-order valence-electron chi connectivity index (χ2n) is 4.28. The van der Waals surface area contributed by atoms with Crippen molar-refractivity contribution in [3.63, 3.8) is 0 Å². The van der Waals surface area contributed by atoms with E-state index in [1.165, 1.54) is 7.11 Å². The van der Waals surface area contributed by atoms with Crippen LogP contribution < -0.4 is 5.32 Å². The average molecular weight is 481 g/mol. The van der Waals surface area contributed by atoms with Crippen LogP contribution in [0.3, 0.4) is 0 Å². The first kappa shape index (κ1) is 16.6. The van der Waals surface area contributed by atoms with Gasteiger partial charge in [-0.3, -0.25) is 0 Å². The van der Waals surface area contributed by atoms with Gasteiger partial charge in [-0.15, -0.1) is 0 Å². The van der Waals surface area contributed by atoms with E-state index < -0.39 is 0 Å². The van der Waals surface area contributed by atoms with E-state index in [0.717, 1.165) is 19.3 Å². The Balaban J connectivity index is 2.11. The lowest BCUT2D eigenvalue weighted by molar-refractivity contribution is 0.0600. The molecule has 0 saturated carbocycles. The summed E-state index contributed by atoms with van der Waals surface area (Å²) < 4.78 is 6.62. The highest BCUT2D eigenvalue weighted by Crippen LogP contribution is 2.25. The van der Waals surface area contributed by atoms with Gasteiger partial charge in [-0.05, 0) is 58.5 Å². The first-order chi connectivity index (χ1) is 10.0. The summed E-state index contributed by atoms with van der Waals surface area (Å²) in [4.78, 5) is 11.5. The van der Waals surface area contributed by atoms with Crippen molar-refractivity contribution in [2.45, 2.75) is 6.54 Å². The van der Waals surface area contributed by atoms with Crippen molar-refractivity contribution in [2.24, 2.45) is 0 Å². The van der Waals surface area contributed by atoms with Gasteiger partial charge in [0.25, 0.3) is 0 Å². The van der Waals surface area contributed by atoms with Crippen molar-refractivity contribution in [2.75, 3.05) is 12.4 Å². The van der Waals surface area contributed by atoms with Crippen molar-refractivity contribution in [1.82, 2.24) is 0 Å². The second-order valence-corrected chi connectivity index (χ2v) is 6.73. The highest BCUT2D eigenvalue weighted by atomic mass is 127. The number of methoxy groups -OCH3 is 1. The smallest absolute Gasteiger partial charge is 0.337 e. The van der Waals surface area contributed by atoms with Gasteiger partial charge in [-0.2, -0.15) is 0 Å². The largest absolute Gasteiger partial charge is 0.465 e. The Kier molecular flexibility index (Phi) is 5.89. The molecule has 2 rings (SSSR count). The number of hydrogen-bond donors (Lipinski definition) is 1. The van der Waals surface area contributed by atoms with E-state index in [2.05, 4.69) is 43.8 Å². The van der Waals surface area contributed by atoms with Gasteiger partial charge in [-0.25, -0.2) is 4.79 Å². The van der Waals surface area contributed by atoms with Gasteiger partial charge in [-0.1, -0.05) is 33.6 Å². The molecule has 1 N–H and O–H groups in total. The van der Waals surface area contributed by atoms with Crippen LogP contribution in [0.25, 0.3) is 0 Å². The summed E-state index contributed by atoms with van der Waals surface area (Å²) >= 11 is 11.7. The maximum atomic E-state index is 11.5. The van der Waals surface area contributed by atoms with Crippen LogP contribution in [-0.4, -0.2) is 13.1 Å². The maximum Gasteiger partial charge on any atom is 0.337 e. The number of ether oxygens (including phenoxy) is 1. The third-order valence-corrected chi connectivity index (χ3v) is 4.74. The Morgan fingerprint density at radius 2 is 2.10 bits per heavy atom. The summed E-state index contributed by atoms with van der Waals surface area (Å²) in [5.41, 5.74) is 2.59. The van der Waals surface area contributed by atoms with Crippen LogP contribution in [-0.2, 0) is 11.3 Å². The lowest BCUT2D eigenvalue weighted by atomic mass is 10.1. The summed E-state index contributed by atoms with van der Waals surface area (Å²) in [5.74, 6) is -0.345. The Morgan fingerprint density at radius 3 is 2.71 bits per heavy atom. The molecule has 0 aliphatic rings. The summed E-state index contributed by atoms with van der Waals surface area (Å²) in [6, 6.07) is 11.1. The van der Waals surface area contributed by atoms with Gasteiger partial charge < -0.3 is 10.1 Å². The number of nitrogens with one attached hydrogen (secondary N) is 1. The van der Waals surface area contributed by atoms with Gasteiger partial charge in [0.1, 0.15) is 0 Å². The minimum Gasteiger partial charge on any atom is -0.465 e. The fourth-order valence-electron chi connectivity index (χ4n) is 1.76. The summed E-state index contributed by atoms with van der Waals surface area (Å²) in [6.07, 6.45) is 0. The zero-order chi connectivity index (χ0) is 15.4. The zero-order valence-corrected chi connectivity index (χ0v) is 15.6. The van der Waals surface area contributed by atoms with E-state index in [9.17, 15) is 4.79 Å². The molecular formula is C15H12BrClINO2. The van der Waals surface area contributed by atoms with Crippen molar-refractivity contribution in [3.05, 3.63) is 60.6 Å². The minimum atomic E-state index is -0.345. The Hall–Kier alpha value is -0.790. The molecule has 0 unspecified atom stereocenters. The van der Waals surface area contributed by atoms with E-state index in [4.69, 9.17) is 16.3 Å². The highest BCUT2D eigenvalue weighted by Gasteiger charge is 2.09. The van der Waals surface area contributed by atoms with E-state index in [1.807, 2.05) is 24.3 Å². The number of anilines is 1. The predicted octanol–water partition coefficient (Wildman–Crippen LogP) is 5.11. The first-order valence-corrected chi connectivity index (χ1v) is 8.32. The topological polar surface area (TPSA) is 38.3 Å². The second kappa shape index (κ2) is 7.47. The molecule has 0 saturated heterocycles. The molecule has 2 aromatic carbocycles. The molecule has 0 aliphatic carbocycles. The monoisotopic (exact) mass is 479 g/mol. The quantitative estimate of drug-likeness (QED) is 0.489. The molecule has 2 aromatic rings. The van der Waals surface area contributed by atoms with Crippen molar-refractivity contribution >= 4 is 61.8 Å². The Bertz CT molecular complexity index is 679. The number of halogens is 3. The zero-order valence-electron chi connectivity index (χ0n) is 11.1. The van der Waals surface area contributed by atoms with E-state index in [0.29, 0.717) is 17.1 Å². The fourth-order valence-corrected chi connectivity index (χ4v) is 3.34. The van der Waals surface area contributed by atoms with Gasteiger partial charge in [0.15, 0.2) is 0 Å². The Labute approximate surface area is 150 Å². The van der Waals surface area contributed by atoms with Crippen LogP contribution in [0.15, 0.2) is 40.9 Å². The molecule has 0 atom stereocenters. The molecule has 21 heavy (non-hydrogen) atoms. The number of carbonyl (C=O) groups excluding carboxylic acids is 1. The molecule has 0 radical (unpaired) electrons. The molecule has 0 bridgehead atoms. The van der Waals surface area contributed by atoms with Crippen LogP contribution in [0, 0.1) is 3.57 Å². The molecule has 0 aromatic heterocycles. The normalized spacial score (nSPS) is 10.3. The molecule has 0 heterocycles. The number of carbonyl (C=O) groups is 1. The van der Waals surface area contributed by atoms with Crippen LogP contribution in [0.2, 0.25) is 5.02 Å². The third-order valence-electron chi connectivity index (χ3n) is 2.87. The summed E-state index contributed by atoms with van der Waals surface area (Å²) in [7, 11) is 1.37. The first-order valence-electron chi connectivity index (χ1n) is 6.07. The van der Waals surface area contributed by atoms with Crippen molar-refractivity contribution < 1.29 is 9.53 Å². The summed E-state index contributed by atoms with van der Waals surface area (Å²) in [6.45, 7) is 0.639. The van der Waals surface area contributed by atoms with Crippen LogP contribution in [0.4, 0.5) is 5.69 Å². The lowest BCUT2D eigenvalue weighted by Crippen LogP contribution is -2.04. The summed E-state index contributed by atoms with van der Waals surface area (Å²) in [5, 5.41) is 4.06. The highest BCUT2D eigenvalue weighted by molar-refractivity contribution is 14.1. The minimum absolute atomic E-state index is 0.345. The SMILES string of the molecule is COC(=O)c1ccc(CNc2ccc(Cl)cc2I)c(Br)c1. The molecule has 3 nitrogen and oxygen atoms in total. The standard InChI is InChI=1S/C15H12BrClINO2/c1-21-15(20)9-2-3-10(12(16)6-9)8-19-14-5-4-11(17)7-13(14)18/h2-7,19H,8H2,1H3. The molecule has 0 amide bonds. The van der Waals surface area contributed by atoms with Crippen LogP contribution in [0.5, 0.6) is 0 Å². The Morgan fingerprint density at radius 1 is 1.33 bits per heavy atom. The van der Waals surface area contributed by atoms with Crippen LogP contribution >= 0.6 is 50.1 Å². The third kappa shape index (κ3) is 4.34. The van der Waals surface area contributed by atoms with E-state index >= 15 is 0 Å². The van der Waals surface area contributed by atoms with Crippen LogP contribution in [0.1, 0.15) is 15.9 Å². The fraction of sp³-hybridized carbons (Fsp3) is 0.133. The van der Waals surface area contributed by atoms with E-state index in [-0.39, 0.29) is 5.97 Å². The van der Waals surface area contributed by atoms with Gasteiger partial charge in [0.05, 0.1) is 12.7 Å². The molecule has 0 fully saturated rings. The van der Waals surface area contributed by atoms with Gasteiger partial charge in [0, 0.05) is 25.3 Å².